The van der Waals surface area contributed by atoms with E-state index in [4.69, 9.17) is 0 Å². The van der Waals surface area contributed by atoms with Crippen molar-refractivity contribution in [2.75, 3.05) is 33.2 Å². The molecule has 3 nitrogen and oxygen atoms in total. The molecule has 0 spiro atoms. The van der Waals surface area contributed by atoms with Crippen LogP contribution >= 0.6 is 0 Å². The summed E-state index contributed by atoms with van der Waals surface area (Å²) < 4.78 is 0. The van der Waals surface area contributed by atoms with Crippen molar-refractivity contribution >= 4 is 5.91 Å². The standard InChI is InChI=1S/C12H20N2O/c1-13-5-10-7-14(8-11(10)6-13)12(15)9-3-2-4-9/h9-11H,2-8H2,1H3. The van der Waals surface area contributed by atoms with E-state index >= 15 is 0 Å². The lowest BCUT2D eigenvalue weighted by Gasteiger charge is -2.29. The van der Waals surface area contributed by atoms with E-state index in [1.807, 2.05) is 0 Å². The van der Waals surface area contributed by atoms with Crippen molar-refractivity contribution in [2.45, 2.75) is 19.3 Å². The summed E-state index contributed by atoms with van der Waals surface area (Å²) in [5, 5.41) is 0. The summed E-state index contributed by atoms with van der Waals surface area (Å²) in [5.41, 5.74) is 0. The number of amides is 1. The predicted molar refractivity (Wildman–Crippen MR) is 58.4 cm³/mol. The van der Waals surface area contributed by atoms with Crippen LogP contribution in [-0.4, -0.2) is 48.9 Å². The first kappa shape index (κ1) is 9.64. The second kappa shape index (κ2) is 3.48. The summed E-state index contributed by atoms with van der Waals surface area (Å²) in [7, 11) is 2.19. The number of carbonyl (C=O) groups excluding carboxylic acids is 1. The Kier molecular flexibility index (Phi) is 2.23. The van der Waals surface area contributed by atoms with E-state index in [0.29, 0.717) is 11.8 Å². The Balaban J connectivity index is 1.60. The van der Waals surface area contributed by atoms with Gasteiger partial charge in [0.05, 0.1) is 0 Å². The Morgan fingerprint density at radius 3 is 2.13 bits per heavy atom. The molecule has 2 unspecified atom stereocenters. The second-order valence-corrected chi connectivity index (χ2v) is 5.61. The van der Waals surface area contributed by atoms with Crippen LogP contribution < -0.4 is 0 Å². The first-order valence-electron chi connectivity index (χ1n) is 6.21. The average molecular weight is 208 g/mol. The zero-order valence-corrected chi connectivity index (χ0v) is 9.48. The Morgan fingerprint density at radius 2 is 1.67 bits per heavy atom. The fourth-order valence-corrected chi connectivity index (χ4v) is 3.32. The Labute approximate surface area is 91.4 Å². The monoisotopic (exact) mass is 208 g/mol. The maximum atomic E-state index is 12.1. The number of nitrogens with zero attached hydrogens (tertiary/aromatic N) is 2. The molecule has 84 valence electrons. The van der Waals surface area contributed by atoms with E-state index in [-0.39, 0.29) is 0 Å². The SMILES string of the molecule is CN1CC2CN(C(=O)C3CCC3)CC2C1. The van der Waals surface area contributed by atoms with Crippen molar-refractivity contribution in [1.82, 2.24) is 9.80 Å². The third kappa shape index (κ3) is 1.57. The van der Waals surface area contributed by atoms with Gasteiger partial charge in [-0.15, -0.1) is 0 Å². The molecule has 0 radical (unpaired) electrons. The summed E-state index contributed by atoms with van der Waals surface area (Å²) in [6.45, 7) is 4.45. The highest BCUT2D eigenvalue weighted by molar-refractivity contribution is 5.79. The van der Waals surface area contributed by atoms with Gasteiger partial charge in [-0.2, -0.15) is 0 Å². The lowest BCUT2D eigenvalue weighted by molar-refractivity contribution is -0.137. The first-order chi connectivity index (χ1) is 7.24. The lowest BCUT2D eigenvalue weighted by atomic mass is 9.84. The number of hydrogen-bond donors (Lipinski definition) is 0. The average Bonchev–Trinajstić information content (AvgIpc) is 2.56. The smallest absolute Gasteiger partial charge is 0.225 e. The Morgan fingerprint density at radius 1 is 1.07 bits per heavy atom. The summed E-state index contributed by atoms with van der Waals surface area (Å²) >= 11 is 0. The van der Waals surface area contributed by atoms with Crippen LogP contribution in [0.1, 0.15) is 19.3 Å². The molecule has 2 atom stereocenters. The molecule has 3 aliphatic rings. The minimum absolute atomic E-state index is 0.390. The molecule has 1 saturated carbocycles. The fourth-order valence-electron chi connectivity index (χ4n) is 3.32. The summed E-state index contributed by atoms with van der Waals surface area (Å²) in [5.74, 6) is 2.37. The van der Waals surface area contributed by atoms with Crippen molar-refractivity contribution in [3.63, 3.8) is 0 Å². The number of likely N-dealkylation sites (tertiary alicyclic amines) is 2. The Hall–Kier alpha value is -0.570. The highest BCUT2D eigenvalue weighted by atomic mass is 16.2. The molecule has 0 N–H and O–H groups in total. The van der Waals surface area contributed by atoms with Crippen molar-refractivity contribution < 1.29 is 4.79 Å². The maximum absolute atomic E-state index is 12.1. The first-order valence-corrected chi connectivity index (χ1v) is 6.21. The molecule has 3 fully saturated rings. The van der Waals surface area contributed by atoms with E-state index in [0.717, 1.165) is 37.8 Å². The van der Waals surface area contributed by atoms with Crippen LogP contribution in [0.2, 0.25) is 0 Å². The highest BCUT2D eigenvalue weighted by Gasteiger charge is 2.42. The molecule has 2 heterocycles. The topological polar surface area (TPSA) is 23.6 Å². The molecule has 0 aromatic carbocycles. The van der Waals surface area contributed by atoms with Gasteiger partial charge in [-0.1, -0.05) is 6.42 Å². The van der Waals surface area contributed by atoms with Crippen LogP contribution in [0, 0.1) is 17.8 Å². The zero-order chi connectivity index (χ0) is 10.4. The van der Waals surface area contributed by atoms with Crippen LogP contribution in [0.3, 0.4) is 0 Å². The lowest BCUT2D eigenvalue weighted by Crippen LogP contribution is -2.39. The molecule has 0 bridgehead atoms. The van der Waals surface area contributed by atoms with Crippen LogP contribution in [0.4, 0.5) is 0 Å². The van der Waals surface area contributed by atoms with E-state index in [2.05, 4.69) is 16.8 Å². The van der Waals surface area contributed by atoms with Crippen LogP contribution in [0.15, 0.2) is 0 Å². The summed E-state index contributed by atoms with van der Waals surface area (Å²) in [6, 6.07) is 0. The molecule has 2 aliphatic heterocycles. The van der Waals surface area contributed by atoms with E-state index < -0.39 is 0 Å². The molecular formula is C12H20N2O. The maximum Gasteiger partial charge on any atom is 0.225 e. The van der Waals surface area contributed by atoms with Gasteiger partial charge in [-0.05, 0) is 31.7 Å². The van der Waals surface area contributed by atoms with E-state index in [1.165, 1.54) is 19.5 Å². The molecule has 0 aromatic heterocycles. The van der Waals surface area contributed by atoms with E-state index in [9.17, 15) is 4.79 Å². The Bertz CT molecular complexity index is 261. The molecule has 3 rings (SSSR count). The summed E-state index contributed by atoms with van der Waals surface area (Å²) in [6.07, 6.45) is 3.55. The second-order valence-electron chi connectivity index (χ2n) is 5.61. The quantitative estimate of drug-likeness (QED) is 0.636. The van der Waals surface area contributed by atoms with Gasteiger partial charge in [0.2, 0.25) is 5.91 Å². The molecule has 3 heteroatoms. The van der Waals surface area contributed by atoms with Gasteiger partial charge >= 0.3 is 0 Å². The van der Waals surface area contributed by atoms with Crippen LogP contribution in [0.5, 0.6) is 0 Å². The minimum atomic E-state index is 0.390. The predicted octanol–water partition coefficient (Wildman–Crippen LogP) is 0.806. The normalized spacial score (nSPS) is 36.7. The molecule has 0 aromatic rings. The van der Waals surface area contributed by atoms with Gasteiger partial charge < -0.3 is 9.80 Å². The number of fused-ring (bicyclic) bond motifs is 1. The third-order valence-electron chi connectivity index (χ3n) is 4.43. The van der Waals surface area contributed by atoms with Crippen molar-refractivity contribution in [1.29, 1.82) is 0 Å². The minimum Gasteiger partial charge on any atom is -0.342 e. The number of rotatable bonds is 1. The van der Waals surface area contributed by atoms with Gasteiger partial charge in [0, 0.05) is 32.1 Å². The van der Waals surface area contributed by atoms with Gasteiger partial charge in [-0.3, -0.25) is 4.79 Å². The van der Waals surface area contributed by atoms with Crippen molar-refractivity contribution in [3.8, 4) is 0 Å². The molecular weight excluding hydrogens is 188 g/mol. The van der Waals surface area contributed by atoms with Gasteiger partial charge in [0.15, 0.2) is 0 Å². The largest absolute Gasteiger partial charge is 0.342 e. The van der Waals surface area contributed by atoms with Crippen LogP contribution in [0.25, 0.3) is 0 Å². The molecule has 1 aliphatic carbocycles. The van der Waals surface area contributed by atoms with E-state index in [1.54, 1.807) is 0 Å². The highest BCUT2D eigenvalue weighted by Crippen LogP contribution is 2.34. The van der Waals surface area contributed by atoms with Crippen LogP contribution in [-0.2, 0) is 4.79 Å². The third-order valence-corrected chi connectivity index (χ3v) is 4.43. The van der Waals surface area contributed by atoms with Gasteiger partial charge in [0.1, 0.15) is 0 Å². The number of carbonyl (C=O) groups is 1. The molecule has 1 amide bonds. The fraction of sp³-hybridized carbons (Fsp3) is 0.917. The van der Waals surface area contributed by atoms with Gasteiger partial charge in [0.25, 0.3) is 0 Å². The zero-order valence-electron chi connectivity index (χ0n) is 9.48. The van der Waals surface area contributed by atoms with Crippen molar-refractivity contribution in [2.24, 2.45) is 17.8 Å². The molecule has 15 heavy (non-hydrogen) atoms. The number of hydrogen-bond acceptors (Lipinski definition) is 2. The summed E-state index contributed by atoms with van der Waals surface area (Å²) in [4.78, 5) is 16.6. The molecule has 2 saturated heterocycles. The van der Waals surface area contributed by atoms with Gasteiger partial charge in [-0.25, -0.2) is 0 Å². The van der Waals surface area contributed by atoms with Crippen molar-refractivity contribution in [3.05, 3.63) is 0 Å².